The van der Waals surface area contributed by atoms with Crippen molar-refractivity contribution < 1.29 is 32.6 Å². The van der Waals surface area contributed by atoms with E-state index in [1.807, 2.05) is 72.3 Å². The van der Waals surface area contributed by atoms with Gasteiger partial charge in [-0.2, -0.15) is 13.2 Å². The summed E-state index contributed by atoms with van der Waals surface area (Å²) >= 11 is 4.67. The maximum absolute atomic E-state index is 12.1. The molecule has 14 heteroatoms. The Morgan fingerprint density at radius 2 is 1.85 bits per heavy atom. The number of carbonyl (C=O) groups is 2. The number of thiophene rings is 1. The van der Waals surface area contributed by atoms with E-state index in [1.165, 1.54) is 11.3 Å². The summed E-state index contributed by atoms with van der Waals surface area (Å²) in [6.45, 7) is 0.412. The summed E-state index contributed by atoms with van der Waals surface area (Å²) in [6.07, 6.45) is -3.08. The maximum atomic E-state index is 12.1. The lowest BCUT2D eigenvalue weighted by atomic mass is 10.1. The van der Waals surface area contributed by atoms with Crippen molar-refractivity contribution in [1.82, 2.24) is 10.3 Å². The number of nitrogens with zero attached hydrogens (tertiary/aromatic N) is 1. The van der Waals surface area contributed by atoms with E-state index in [9.17, 15) is 18.0 Å². The summed E-state index contributed by atoms with van der Waals surface area (Å²) in [7, 11) is 0. The quantitative estimate of drug-likeness (QED) is 0.106. The van der Waals surface area contributed by atoms with Crippen molar-refractivity contribution >= 4 is 52.1 Å². The van der Waals surface area contributed by atoms with Crippen LogP contribution in [0.4, 0.5) is 13.2 Å². The Labute approximate surface area is 239 Å². The van der Waals surface area contributed by atoms with Gasteiger partial charge < -0.3 is 20.9 Å². The third kappa shape index (κ3) is 8.83. The van der Waals surface area contributed by atoms with Crippen LogP contribution in [-0.2, 0) is 16.1 Å². The Kier molecular flexibility index (Phi) is 10.7. The molecule has 210 valence electrons. The van der Waals surface area contributed by atoms with Crippen LogP contribution in [0.25, 0.3) is 21.8 Å². The van der Waals surface area contributed by atoms with Crippen molar-refractivity contribution in [3.8, 4) is 27.6 Å². The molecule has 0 saturated carbocycles. The number of alkyl halides is 3. The molecule has 8 nitrogen and oxygen atoms in total. The largest absolute Gasteiger partial charge is 0.490 e. The van der Waals surface area contributed by atoms with E-state index in [2.05, 4.69) is 5.32 Å². The minimum absolute atomic E-state index is 0.0571. The first-order chi connectivity index (χ1) is 19.0. The Bertz CT molecular complexity index is 1470. The average molecular weight is 609 g/mol. The molecule has 0 radical (unpaired) electrons. The fourth-order valence-electron chi connectivity index (χ4n) is 3.08. The van der Waals surface area contributed by atoms with Crippen molar-refractivity contribution in [3.63, 3.8) is 0 Å². The number of nitrogens with one attached hydrogen (secondary N) is 2. The van der Waals surface area contributed by atoms with Gasteiger partial charge in [0.05, 0.1) is 14.8 Å². The number of hydrogen-bond donors (Lipinski definition) is 4. The number of carbonyl (C=O) groups excluding carboxylic acids is 1. The summed E-state index contributed by atoms with van der Waals surface area (Å²) in [5.41, 5.74) is 9.44. The van der Waals surface area contributed by atoms with E-state index < -0.39 is 12.1 Å². The van der Waals surface area contributed by atoms with E-state index in [0.29, 0.717) is 12.3 Å². The number of thioether (sulfide) groups is 1. The third-order valence-electron chi connectivity index (χ3n) is 4.96. The number of rotatable bonds is 9. The van der Waals surface area contributed by atoms with Crippen LogP contribution in [0, 0.1) is 5.41 Å². The van der Waals surface area contributed by atoms with E-state index >= 15 is 0 Å². The molecule has 4 rings (SSSR count). The minimum atomic E-state index is -5.08. The van der Waals surface area contributed by atoms with E-state index in [0.717, 1.165) is 36.5 Å². The van der Waals surface area contributed by atoms with E-state index in [4.69, 9.17) is 30.8 Å². The van der Waals surface area contributed by atoms with Crippen LogP contribution in [0.5, 0.6) is 5.75 Å². The number of amides is 1. The first kappa shape index (κ1) is 30.7. The highest BCUT2D eigenvalue weighted by Crippen LogP contribution is 2.40. The molecule has 0 aliphatic rings. The monoisotopic (exact) mass is 608 g/mol. The molecule has 0 bridgehead atoms. The Hall–Kier alpha value is -3.88. The Morgan fingerprint density at radius 1 is 1.15 bits per heavy atom. The molecule has 2 aromatic heterocycles. The van der Waals surface area contributed by atoms with Gasteiger partial charge in [0.1, 0.15) is 16.6 Å². The number of carboxylic acid groups (broad SMARTS) is 1. The number of halogens is 3. The fraction of sp³-hybridized carbons (Fsp3) is 0.154. The molecule has 2 heterocycles. The lowest BCUT2D eigenvalue weighted by Gasteiger charge is -2.08. The summed E-state index contributed by atoms with van der Waals surface area (Å²) in [5, 5.41) is 20.6. The van der Waals surface area contributed by atoms with Gasteiger partial charge in [-0.15, -0.1) is 34.4 Å². The summed E-state index contributed by atoms with van der Waals surface area (Å²) in [5.74, 6) is -2.26. The van der Waals surface area contributed by atoms with Crippen LogP contribution < -0.4 is 15.8 Å². The zero-order valence-corrected chi connectivity index (χ0v) is 23.3. The number of carboxylic acids is 1. The van der Waals surface area contributed by atoms with E-state index in [-0.39, 0.29) is 18.3 Å². The highest BCUT2D eigenvalue weighted by Gasteiger charge is 2.38. The van der Waals surface area contributed by atoms with Gasteiger partial charge in [-0.25, -0.2) is 9.78 Å². The normalized spacial score (nSPS) is 10.8. The molecule has 0 aliphatic carbocycles. The second-order valence-electron chi connectivity index (χ2n) is 7.85. The standard InChI is InChI=1S/C24H22N4O2S3.C2HF3O2/c1-31-24-18(11-20(33-24)22(25)26)23-28-19(14-32-23)16-8-5-9-17(10-16)30-13-21(29)27-12-15-6-3-2-4-7-15;3-2(4,5)1(6)7/h2-11,14H,12-13H2,1H3,(H3,25,26)(H,27,29);(H,6,7). The predicted molar refractivity (Wildman–Crippen MR) is 151 cm³/mol. The van der Waals surface area contributed by atoms with Gasteiger partial charge in [0, 0.05) is 23.1 Å². The van der Waals surface area contributed by atoms with Crippen molar-refractivity contribution in [3.05, 3.63) is 76.5 Å². The van der Waals surface area contributed by atoms with E-state index in [1.54, 1.807) is 23.1 Å². The number of hydrogen-bond acceptors (Lipinski definition) is 8. The van der Waals surface area contributed by atoms with Gasteiger partial charge in [0.15, 0.2) is 6.61 Å². The van der Waals surface area contributed by atoms with Crippen LogP contribution in [-0.4, -0.2) is 46.8 Å². The number of thiazole rings is 1. The molecule has 0 atom stereocenters. The highest BCUT2D eigenvalue weighted by atomic mass is 32.2. The van der Waals surface area contributed by atoms with Crippen LogP contribution in [0.1, 0.15) is 10.4 Å². The molecule has 0 fully saturated rings. The molecule has 40 heavy (non-hydrogen) atoms. The van der Waals surface area contributed by atoms with Crippen LogP contribution >= 0.6 is 34.4 Å². The number of amidine groups is 1. The molecular weight excluding hydrogens is 586 g/mol. The van der Waals surface area contributed by atoms with Gasteiger partial charge in [0.25, 0.3) is 5.91 Å². The lowest BCUT2D eigenvalue weighted by molar-refractivity contribution is -0.192. The number of nitrogen functional groups attached to an aromatic ring is 1. The topological polar surface area (TPSA) is 138 Å². The van der Waals surface area contributed by atoms with Crippen molar-refractivity contribution in [2.75, 3.05) is 12.9 Å². The summed E-state index contributed by atoms with van der Waals surface area (Å²) in [6, 6.07) is 19.2. The van der Waals surface area contributed by atoms with Crippen molar-refractivity contribution in [1.29, 1.82) is 5.41 Å². The lowest BCUT2D eigenvalue weighted by Crippen LogP contribution is -2.28. The fourth-order valence-corrected chi connectivity index (χ4v) is 5.79. The van der Waals surface area contributed by atoms with Crippen LogP contribution in [0.15, 0.2) is 70.3 Å². The van der Waals surface area contributed by atoms with Gasteiger partial charge >= 0.3 is 12.1 Å². The van der Waals surface area contributed by atoms with Gasteiger partial charge in [-0.1, -0.05) is 42.5 Å². The third-order valence-corrected chi connectivity index (χ3v) is 8.14. The average Bonchev–Trinajstić information content (AvgIpc) is 3.59. The number of aliphatic carboxylic acids is 1. The second kappa shape index (κ2) is 14.0. The zero-order valence-electron chi connectivity index (χ0n) is 20.8. The molecular formula is C26H23F3N4O4S3. The van der Waals surface area contributed by atoms with Crippen LogP contribution in [0.2, 0.25) is 0 Å². The number of benzene rings is 2. The Morgan fingerprint density at radius 3 is 2.48 bits per heavy atom. The molecule has 0 saturated heterocycles. The van der Waals surface area contributed by atoms with Gasteiger partial charge in [-0.05, 0) is 30.0 Å². The number of nitrogens with two attached hydrogens (primary N) is 1. The smallest absolute Gasteiger partial charge is 0.484 e. The SMILES string of the molecule is CSc1sc(C(=N)N)cc1-c1nc(-c2cccc(OCC(=O)NCc3ccccc3)c2)cs1.O=C(O)C(F)(F)F. The zero-order chi connectivity index (χ0) is 29.3. The predicted octanol–water partition coefficient (Wildman–Crippen LogP) is 5.87. The van der Waals surface area contributed by atoms with Crippen molar-refractivity contribution in [2.24, 2.45) is 5.73 Å². The maximum Gasteiger partial charge on any atom is 0.490 e. The highest BCUT2D eigenvalue weighted by molar-refractivity contribution is 8.00. The van der Waals surface area contributed by atoms with Gasteiger partial charge in [-0.3, -0.25) is 10.2 Å². The molecule has 0 unspecified atom stereocenters. The first-order valence-electron chi connectivity index (χ1n) is 11.3. The second-order valence-corrected chi connectivity index (χ2v) is 10.8. The molecule has 5 N–H and O–H groups in total. The molecule has 4 aromatic rings. The number of ether oxygens (including phenoxy) is 1. The molecule has 0 aliphatic heterocycles. The molecule has 2 aromatic carbocycles. The molecule has 1 amide bonds. The first-order valence-corrected chi connectivity index (χ1v) is 14.2. The molecule has 0 spiro atoms. The number of aromatic nitrogens is 1. The van der Waals surface area contributed by atoms with Gasteiger partial charge in [0.2, 0.25) is 0 Å². The van der Waals surface area contributed by atoms with Crippen molar-refractivity contribution in [2.45, 2.75) is 16.9 Å². The minimum Gasteiger partial charge on any atom is -0.484 e. The Balaban J connectivity index is 0.000000559. The summed E-state index contributed by atoms with van der Waals surface area (Å²) < 4.78 is 38.5. The van der Waals surface area contributed by atoms with Crippen LogP contribution in [0.3, 0.4) is 0 Å². The summed E-state index contributed by atoms with van der Waals surface area (Å²) in [4.78, 5) is 26.6.